The Morgan fingerprint density at radius 1 is 0.875 bits per heavy atom. The fraction of sp³-hybridized carbons (Fsp3) is 0.0476. The first-order valence-corrected chi connectivity index (χ1v) is 9.80. The number of carbonyl (C=O) groups is 3. The molecule has 0 spiro atoms. The molecule has 3 amide bonds. The van der Waals surface area contributed by atoms with E-state index in [4.69, 9.17) is 23.2 Å². The molecule has 0 saturated carbocycles. The first kappa shape index (κ1) is 22.9. The molecule has 1 aromatic heterocycles. The number of aromatic hydroxyl groups is 2. The molecule has 0 aliphatic heterocycles. The Balaban J connectivity index is 1.68. The van der Waals surface area contributed by atoms with Gasteiger partial charge in [-0.15, -0.1) is 0 Å². The lowest BCUT2D eigenvalue weighted by Gasteiger charge is -2.11. The lowest BCUT2D eigenvalue weighted by Crippen LogP contribution is -2.29. The highest BCUT2D eigenvalue weighted by atomic mass is 35.5. The van der Waals surface area contributed by atoms with Gasteiger partial charge in [0.1, 0.15) is 5.75 Å². The standard InChI is InChI=1S/C21H16Cl2N4O5/c22-13-8-14(23)18(29)16(9-13)27-21(32)20(31)26-15-7-12(1-2-17(15)28)19(30)25-10-11-3-5-24-6-4-11/h1-9,28-29H,10H2,(H,25,30)(H,26,31)(H,27,32). The zero-order valence-electron chi connectivity index (χ0n) is 16.2. The number of anilines is 2. The van der Waals surface area contributed by atoms with E-state index in [2.05, 4.69) is 20.9 Å². The van der Waals surface area contributed by atoms with E-state index in [1.165, 1.54) is 30.3 Å². The molecule has 164 valence electrons. The van der Waals surface area contributed by atoms with Crippen LogP contribution in [-0.2, 0) is 16.1 Å². The SMILES string of the molecule is O=C(Nc1cc(C(=O)NCc2ccncc2)ccc1O)C(=O)Nc1cc(Cl)cc(Cl)c1O. The molecule has 1 heterocycles. The zero-order chi connectivity index (χ0) is 23.3. The molecule has 9 nitrogen and oxygen atoms in total. The van der Waals surface area contributed by atoms with Gasteiger partial charge in [-0.25, -0.2) is 0 Å². The van der Waals surface area contributed by atoms with Gasteiger partial charge in [-0.1, -0.05) is 23.2 Å². The van der Waals surface area contributed by atoms with Gasteiger partial charge in [-0.05, 0) is 48.0 Å². The maximum Gasteiger partial charge on any atom is 0.314 e. The van der Waals surface area contributed by atoms with Gasteiger partial charge in [0.2, 0.25) is 0 Å². The average molecular weight is 475 g/mol. The molecule has 2 aromatic carbocycles. The summed E-state index contributed by atoms with van der Waals surface area (Å²) < 4.78 is 0. The number of phenolic OH excluding ortho intramolecular Hbond substituents is 2. The molecule has 0 fully saturated rings. The van der Waals surface area contributed by atoms with E-state index < -0.39 is 23.5 Å². The highest BCUT2D eigenvalue weighted by Crippen LogP contribution is 2.35. The third-order valence-corrected chi connectivity index (χ3v) is 4.70. The third kappa shape index (κ3) is 5.65. The lowest BCUT2D eigenvalue weighted by molar-refractivity contribution is -0.133. The number of pyridine rings is 1. The number of hydrogen-bond acceptors (Lipinski definition) is 6. The number of rotatable bonds is 5. The second-order valence-corrected chi connectivity index (χ2v) is 7.31. The van der Waals surface area contributed by atoms with Crippen LogP contribution in [-0.4, -0.2) is 32.9 Å². The number of aromatic nitrogens is 1. The topological polar surface area (TPSA) is 141 Å². The van der Waals surface area contributed by atoms with Crippen molar-refractivity contribution in [1.82, 2.24) is 10.3 Å². The van der Waals surface area contributed by atoms with Crippen LogP contribution in [0.25, 0.3) is 0 Å². The molecule has 11 heteroatoms. The third-order valence-electron chi connectivity index (χ3n) is 4.19. The number of halogens is 2. The molecule has 0 saturated heterocycles. The second-order valence-electron chi connectivity index (χ2n) is 6.46. The molecule has 0 unspecified atom stereocenters. The Hall–Kier alpha value is -3.82. The summed E-state index contributed by atoms with van der Waals surface area (Å²) in [5.41, 5.74) is 0.653. The van der Waals surface area contributed by atoms with Crippen molar-refractivity contribution in [3.05, 3.63) is 76.0 Å². The molecule has 3 rings (SSSR count). The summed E-state index contributed by atoms with van der Waals surface area (Å²) in [5, 5.41) is 27.0. The van der Waals surface area contributed by atoms with E-state index >= 15 is 0 Å². The number of phenols is 2. The number of carbonyl (C=O) groups excluding carboxylic acids is 3. The van der Waals surface area contributed by atoms with E-state index in [0.717, 1.165) is 5.56 Å². The van der Waals surface area contributed by atoms with Crippen molar-refractivity contribution in [1.29, 1.82) is 0 Å². The number of nitrogens with one attached hydrogen (secondary N) is 3. The summed E-state index contributed by atoms with van der Waals surface area (Å²) >= 11 is 11.6. The first-order valence-electron chi connectivity index (χ1n) is 9.05. The van der Waals surface area contributed by atoms with Gasteiger partial charge in [-0.2, -0.15) is 0 Å². The Morgan fingerprint density at radius 2 is 1.53 bits per heavy atom. The van der Waals surface area contributed by atoms with Crippen LogP contribution >= 0.6 is 23.2 Å². The minimum Gasteiger partial charge on any atom is -0.506 e. The van der Waals surface area contributed by atoms with Gasteiger partial charge in [0.25, 0.3) is 5.91 Å². The van der Waals surface area contributed by atoms with Crippen molar-refractivity contribution in [2.75, 3.05) is 10.6 Å². The van der Waals surface area contributed by atoms with Crippen molar-refractivity contribution in [3.63, 3.8) is 0 Å². The van der Waals surface area contributed by atoms with Crippen molar-refractivity contribution < 1.29 is 24.6 Å². The summed E-state index contributed by atoms with van der Waals surface area (Å²) in [6, 6.07) is 9.74. The van der Waals surface area contributed by atoms with Crippen molar-refractivity contribution in [3.8, 4) is 11.5 Å². The largest absolute Gasteiger partial charge is 0.506 e. The van der Waals surface area contributed by atoms with Crippen LogP contribution in [0.3, 0.4) is 0 Å². The Morgan fingerprint density at radius 3 is 2.22 bits per heavy atom. The maximum atomic E-state index is 12.4. The summed E-state index contributed by atoms with van der Waals surface area (Å²) in [7, 11) is 0. The Labute approximate surface area is 192 Å². The maximum absolute atomic E-state index is 12.4. The second kappa shape index (κ2) is 9.99. The summed E-state index contributed by atoms with van der Waals surface area (Å²) in [6.45, 7) is 0.248. The predicted octanol–water partition coefficient (Wildman–Crippen LogP) is 3.31. The predicted molar refractivity (Wildman–Crippen MR) is 119 cm³/mol. The van der Waals surface area contributed by atoms with Gasteiger partial charge < -0.3 is 26.2 Å². The zero-order valence-corrected chi connectivity index (χ0v) is 17.7. The highest BCUT2D eigenvalue weighted by Gasteiger charge is 2.19. The van der Waals surface area contributed by atoms with Crippen LogP contribution in [0, 0.1) is 0 Å². The van der Waals surface area contributed by atoms with E-state index in [9.17, 15) is 24.6 Å². The molecule has 0 aliphatic rings. The normalized spacial score (nSPS) is 10.3. The minimum absolute atomic E-state index is 0.115. The smallest absolute Gasteiger partial charge is 0.314 e. The van der Waals surface area contributed by atoms with Crippen molar-refractivity contribution in [2.24, 2.45) is 0 Å². The van der Waals surface area contributed by atoms with Crippen LogP contribution in [0.15, 0.2) is 54.9 Å². The monoisotopic (exact) mass is 474 g/mol. The van der Waals surface area contributed by atoms with Crippen molar-refractivity contribution >= 4 is 52.3 Å². The van der Waals surface area contributed by atoms with Crippen LogP contribution in [0.5, 0.6) is 11.5 Å². The van der Waals surface area contributed by atoms with Crippen LogP contribution < -0.4 is 16.0 Å². The van der Waals surface area contributed by atoms with Crippen LogP contribution in [0.2, 0.25) is 10.0 Å². The molecular formula is C21H16Cl2N4O5. The molecule has 0 bridgehead atoms. The lowest BCUT2D eigenvalue weighted by atomic mass is 10.1. The quantitative estimate of drug-likeness (QED) is 0.283. The van der Waals surface area contributed by atoms with E-state index in [0.29, 0.717) is 0 Å². The van der Waals surface area contributed by atoms with Gasteiger partial charge in [0.05, 0.1) is 16.4 Å². The average Bonchev–Trinajstić information content (AvgIpc) is 2.77. The summed E-state index contributed by atoms with van der Waals surface area (Å²) in [5.74, 6) is -3.60. The van der Waals surface area contributed by atoms with Gasteiger partial charge in [0.15, 0.2) is 5.75 Å². The fourth-order valence-electron chi connectivity index (χ4n) is 2.58. The van der Waals surface area contributed by atoms with Gasteiger partial charge >= 0.3 is 11.8 Å². The highest BCUT2D eigenvalue weighted by molar-refractivity contribution is 6.44. The van der Waals surface area contributed by atoms with E-state index in [1.54, 1.807) is 24.5 Å². The van der Waals surface area contributed by atoms with E-state index in [-0.39, 0.29) is 39.3 Å². The molecule has 5 N–H and O–H groups in total. The number of amides is 3. The molecule has 3 aromatic rings. The Bertz CT molecular complexity index is 1190. The van der Waals surface area contributed by atoms with Crippen molar-refractivity contribution in [2.45, 2.75) is 6.54 Å². The summed E-state index contributed by atoms with van der Waals surface area (Å²) in [4.78, 5) is 40.7. The number of nitrogens with zero attached hydrogens (tertiary/aromatic N) is 1. The van der Waals surface area contributed by atoms with Crippen LogP contribution in [0.1, 0.15) is 15.9 Å². The minimum atomic E-state index is -1.16. The first-order chi connectivity index (χ1) is 15.2. The van der Waals surface area contributed by atoms with E-state index in [1.807, 2.05) is 0 Å². The molecule has 32 heavy (non-hydrogen) atoms. The molecule has 0 radical (unpaired) electrons. The summed E-state index contributed by atoms with van der Waals surface area (Å²) in [6.07, 6.45) is 3.19. The number of benzene rings is 2. The fourth-order valence-corrected chi connectivity index (χ4v) is 3.08. The molecule has 0 atom stereocenters. The van der Waals surface area contributed by atoms with Gasteiger partial charge in [0, 0.05) is 29.5 Å². The molecular weight excluding hydrogens is 459 g/mol. The molecule has 0 aliphatic carbocycles. The van der Waals surface area contributed by atoms with Crippen LogP contribution in [0.4, 0.5) is 11.4 Å². The number of hydrogen-bond donors (Lipinski definition) is 5. The Kier molecular flexibility index (Phi) is 7.14. The van der Waals surface area contributed by atoms with Gasteiger partial charge in [-0.3, -0.25) is 19.4 Å².